The summed E-state index contributed by atoms with van der Waals surface area (Å²) in [5.41, 5.74) is 2.77. The van der Waals surface area contributed by atoms with Crippen molar-refractivity contribution >= 4 is 15.9 Å². The Morgan fingerprint density at radius 3 is 2.62 bits per heavy atom. The van der Waals surface area contributed by atoms with Gasteiger partial charge in [0.15, 0.2) is 0 Å². The first-order chi connectivity index (χ1) is 10.1. The fraction of sp³-hybridized carbons (Fsp3) is 0.556. The van der Waals surface area contributed by atoms with Gasteiger partial charge in [-0.2, -0.15) is 0 Å². The standard InChI is InChI=1S/C18H27BrN2/c1-14(2)8-11-21-12-9-16(10-13-21)20-15(3)17-6-4-5-7-18(17)19/h4-8,15-16,20H,9-13H2,1-3H3/t15-/m0/s1. The van der Waals surface area contributed by atoms with Crippen LogP contribution in [-0.4, -0.2) is 30.6 Å². The zero-order valence-electron chi connectivity index (χ0n) is 13.4. The lowest BCUT2D eigenvalue weighted by Gasteiger charge is -2.33. The van der Waals surface area contributed by atoms with E-state index in [1.807, 2.05) is 0 Å². The van der Waals surface area contributed by atoms with Crippen LogP contribution in [0.1, 0.15) is 45.2 Å². The van der Waals surface area contributed by atoms with Gasteiger partial charge in [0.05, 0.1) is 0 Å². The molecular formula is C18H27BrN2. The summed E-state index contributed by atoms with van der Waals surface area (Å²) in [4.78, 5) is 2.55. The fourth-order valence-electron chi connectivity index (χ4n) is 2.86. The van der Waals surface area contributed by atoms with Gasteiger partial charge in [-0.15, -0.1) is 0 Å². The molecule has 1 aromatic rings. The van der Waals surface area contributed by atoms with E-state index in [1.165, 1.54) is 41.5 Å². The molecule has 0 amide bonds. The molecule has 1 N–H and O–H groups in total. The number of nitrogens with one attached hydrogen (secondary N) is 1. The molecule has 0 saturated carbocycles. The smallest absolute Gasteiger partial charge is 0.0305 e. The molecule has 0 radical (unpaired) electrons. The first kappa shape index (κ1) is 16.7. The highest BCUT2D eigenvalue weighted by atomic mass is 79.9. The predicted molar refractivity (Wildman–Crippen MR) is 94.6 cm³/mol. The van der Waals surface area contributed by atoms with E-state index in [2.05, 4.69) is 77.3 Å². The molecule has 1 aliphatic heterocycles. The molecule has 0 unspecified atom stereocenters. The zero-order chi connectivity index (χ0) is 15.2. The number of rotatable bonds is 5. The number of nitrogens with zero attached hydrogens (tertiary/aromatic N) is 1. The Morgan fingerprint density at radius 1 is 1.33 bits per heavy atom. The van der Waals surface area contributed by atoms with Gasteiger partial charge in [0.25, 0.3) is 0 Å². The quantitative estimate of drug-likeness (QED) is 0.784. The molecule has 21 heavy (non-hydrogen) atoms. The molecule has 0 spiro atoms. The minimum atomic E-state index is 0.398. The van der Waals surface area contributed by atoms with E-state index >= 15 is 0 Å². The second-order valence-corrected chi connectivity index (χ2v) is 7.12. The first-order valence-corrected chi connectivity index (χ1v) is 8.71. The molecule has 1 heterocycles. The summed E-state index contributed by atoms with van der Waals surface area (Å²) in [5, 5.41) is 3.79. The number of allylic oxidation sites excluding steroid dienone is 1. The fourth-order valence-corrected chi connectivity index (χ4v) is 3.49. The molecule has 1 saturated heterocycles. The lowest BCUT2D eigenvalue weighted by molar-refractivity contribution is 0.208. The van der Waals surface area contributed by atoms with Gasteiger partial charge in [-0.1, -0.05) is 45.8 Å². The maximum absolute atomic E-state index is 3.79. The molecule has 1 aliphatic rings. The van der Waals surface area contributed by atoms with Crippen LogP contribution >= 0.6 is 15.9 Å². The summed E-state index contributed by atoms with van der Waals surface area (Å²) < 4.78 is 1.20. The zero-order valence-corrected chi connectivity index (χ0v) is 15.0. The van der Waals surface area contributed by atoms with Crippen LogP contribution in [-0.2, 0) is 0 Å². The van der Waals surface area contributed by atoms with Gasteiger partial charge in [0.1, 0.15) is 0 Å². The van der Waals surface area contributed by atoms with Gasteiger partial charge in [0.2, 0.25) is 0 Å². The number of hydrogen-bond acceptors (Lipinski definition) is 2. The molecule has 0 aliphatic carbocycles. The van der Waals surface area contributed by atoms with E-state index in [1.54, 1.807) is 0 Å². The third kappa shape index (κ3) is 5.24. The van der Waals surface area contributed by atoms with Crippen molar-refractivity contribution in [2.45, 2.75) is 45.7 Å². The average molecular weight is 351 g/mol. The lowest BCUT2D eigenvalue weighted by Crippen LogP contribution is -2.43. The molecule has 3 heteroatoms. The van der Waals surface area contributed by atoms with Crippen molar-refractivity contribution in [1.29, 1.82) is 0 Å². The molecule has 1 aromatic carbocycles. The van der Waals surface area contributed by atoms with Crippen LogP contribution in [0, 0.1) is 0 Å². The van der Waals surface area contributed by atoms with E-state index in [0.717, 1.165) is 6.54 Å². The molecule has 2 nitrogen and oxygen atoms in total. The summed E-state index contributed by atoms with van der Waals surface area (Å²) >= 11 is 3.65. The second kappa shape index (κ2) is 8.11. The number of hydrogen-bond donors (Lipinski definition) is 1. The molecule has 0 bridgehead atoms. The van der Waals surface area contributed by atoms with Crippen molar-refractivity contribution < 1.29 is 0 Å². The molecule has 1 atom stereocenters. The van der Waals surface area contributed by atoms with Gasteiger partial charge >= 0.3 is 0 Å². The third-order valence-electron chi connectivity index (χ3n) is 4.20. The van der Waals surface area contributed by atoms with Crippen LogP contribution in [0.25, 0.3) is 0 Å². The van der Waals surface area contributed by atoms with Gasteiger partial charge in [-0.3, -0.25) is 4.90 Å². The van der Waals surface area contributed by atoms with E-state index < -0.39 is 0 Å². The van der Waals surface area contributed by atoms with Crippen molar-refractivity contribution in [3.05, 3.63) is 46.0 Å². The Hall–Kier alpha value is -0.640. The second-order valence-electron chi connectivity index (χ2n) is 6.27. The van der Waals surface area contributed by atoms with Crippen LogP contribution in [0.2, 0.25) is 0 Å². The third-order valence-corrected chi connectivity index (χ3v) is 4.92. The van der Waals surface area contributed by atoms with E-state index in [9.17, 15) is 0 Å². The Morgan fingerprint density at radius 2 is 2.00 bits per heavy atom. The number of benzene rings is 1. The van der Waals surface area contributed by atoms with Crippen LogP contribution < -0.4 is 5.32 Å². The van der Waals surface area contributed by atoms with Gasteiger partial charge in [-0.25, -0.2) is 0 Å². The highest BCUT2D eigenvalue weighted by Gasteiger charge is 2.20. The van der Waals surface area contributed by atoms with Crippen molar-refractivity contribution in [2.24, 2.45) is 0 Å². The van der Waals surface area contributed by atoms with Gasteiger partial charge in [0, 0.05) is 23.1 Å². The highest BCUT2D eigenvalue weighted by Crippen LogP contribution is 2.24. The van der Waals surface area contributed by atoms with Crippen molar-refractivity contribution in [1.82, 2.24) is 10.2 Å². The molecule has 116 valence electrons. The summed E-state index contributed by atoms with van der Waals surface area (Å²) in [6, 6.07) is 9.54. The van der Waals surface area contributed by atoms with E-state index in [4.69, 9.17) is 0 Å². The number of likely N-dealkylation sites (tertiary alicyclic amines) is 1. The molecular weight excluding hydrogens is 324 g/mol. The van der Waals surface area contributed by atoms with Crippen molar-refractivity contribution in [3.8, 4) is 0 Å². The molecule has 2 rings (SSSR count). The van der Waals surface area contributed by atoms with Crippen LogP contribution in [0.5, 0.6) is 0 Å². The molecule has 0 aromatic heterocycles. The molecule has 1 fully saturated rings. The summed E-state index contributed by atoms with van der Waals surface area (Å²) in [6.07, 6.45) is 4.81. The Bertz CT molecular complexity index is 472. The number of piperidine rings is 1. The minimum Gasteiger partial charge on any atom is -0.307 e. The van der Waals surface area contributed by atoms with Crippen molar-refractivity contribution in [3.63, 3.8) is 0 Å². The SMILES string of the molecule is CC(C)=CCN1CCC(N[C@@H](C)c2ccccc2Br)CC1. The maximum atomic E-state index is 3.79. The van der Waals surface area contributed by atoms with Gasteiger partial charge < -0.3 is 5.32 Å². The summed E-state index contributed by atoms with van der Waals surface area (Å²) in [5.74, 6) is 0. The van der Waals surface area contributed by atoms with E-state index in [0.29, 0.717) is 12.1 Å². The Kier molecular flexibility index (Phi) is 6.46. The minimum absolute atomic E-state index is 0.398. The maximum Gasteiger partial charge on any atom is 0.0305 e. The number of halogens is 1. The normalized spacial score (nSPS) is 18.5. The monoisotopic (exact) mass is 350 g/mol. The van der Waals surface area contributed by atoms with Crippen LogP contribution in [0.4, 0.5) is 0 Å². The summed E-state index contributed by atoms with van der Waals surface area (Å²) in [6.45, 7) is 10.1. The van der Waals surface area contributed by atoms with Gasteiger partial charge in [-0.05, 0) is 58.3 Å². The van der Waals surface area contributed by atoms with Crippen LogP contribution in [0.15, 0.2) is 40.4 Å². The Balaban J connectivity index is 1.81. The predicted octanol–water partition coefficient (Wildman–Crippen LogP) is 4.53. The first-order valence-electron chi connectivity index (χ1n) is 7.92. The van der Waals surface area contributed by atoms with Crippen LogP contribution in [0.3, 0.4) is 0 Å². The largest absolute Gasteiger partial charge is 0.307 e. The summed E-state index contributed by atoms with van der Waals surface area (Å²) in [7, 11) is 0. The highest BCUT2D eigenvalue weighted by molar-refractivity contribution is 9.10. The average Bonchev–Trinajstić information content (AvgIpc) is 2.47. The lowest BCUT2D eigenvalue weighted by atomic mass is 10.0. The Labute approximate surface area is 137 Å². The van der Waals surface area contributed by atoms with E-state index in [-0.39, 0.29) is 0 Å². The van der Waals surface area contributed by atoms with Crippen molar-refractivity contribution in [2.75, 3.05) is 19.6 Å². The topological polar surface area (TPSA) is 15.3 Å².